The average Bonchev–Trinajstić information content (AvgIpc) is 2.94. The van der Waals surface area contributed by atoms with Gasteiger partial charge in [0, 0.05) is 10.8 Å². The minimum atomic E-state index is -0.588. The molecule has 4 saturated carbocycles. The number of Topliss-reactive ketones (excluding diaryl/α,β-unsaturated/α-hetero) is 1. The summed E-state index contributed by atoms with van der Waals surface area (Å²) in [4.78, 5) is 26.2. The molecule has 1 aromatic rings. The highest BCUT2D eigenvalue weighted by molar-refractivity contribution is 5.97. The molecule has 1 spiro atoms. The summed E-state index contributed by atoms with van der Waals surface area (Å²) in [5, 5.41) is 0. The first-order valence-corrected chi connectivity index (χ1v) is 9.55. The molecular weight excluding hydrogens is 312 g/mol. The fourth-order valence-corrected chi connectivity index (χ4v) is 6.38. The lowest BCUT2D eigenvalue weighted by Gasteiger charge is -2.66. The number of ketones is 1. The number of carbonyl (C=O) groups is 2. The molecule has 1 aromatic carbocycles. The quantitative estimate of drug-likeness (QED) is 0.736. The van der Waals surface area contributed by atoms with E-state index in [0.717, 1.165) is 25.7 Å². The Morgan fingerprint density at radius 2 is 1.76 bits per heavy atom. The fourth-order valence-electron chi connectivity index (χ4n) is 6.38. The number of benzene rings is 1. The van der Waals surface area contributed by atoms with Crippen LogP contribution in [0.5, 0.6) is 0 Å². The van der Waals surface area contributed by atoms with Gasteiger partial charge >= 0.3 is 5.97 Å². The van der Waals surface area contributed by atoms with Gasteiger partial charge in [0.15, 0.2) is 11.9 Å². The smallest absolute Gasteiger partial charge is 0.338 e. The highest BCUT2D eigenvalue weighted by Crippen LogP contribution is 2.73. The van der Waals surface area contributed by atoms with Crippen LogP contribution in [-0.4, -0.2) is 17.9 Å². The molecule has 5 atom stereocenters. The van der Waals surface area contributed by atoms with Gasteiger partial charge in [-0.2, -0.15) is 0 Å². The lowest BCUT2D eigenvalue weighted by Crippen LogP contribution is -2.70. The molecule has 1 unspecified atom stereocenters. The molecule has 0 saturated heterocycles. The minimum absolute atomic E-state index is 0.0389. The van der Waals surface area contributed by atoms with Crippen LogP contribution in [0.4, 0.5) is 0 Å². The standard InChI is InChI=1S/C22H28O3/c1-14-10-11-16-20(2,3)21(4)12-13-22(14,16)18(17(21)23)25-19(24)15-8-6-5-7-9-15/h5-9,14,16,18H,10-13H2,1-4H3/t14-,16?,18-,21+,22-/m0/s1. The van der Waals surface area contributed by atoms with E-state index in [1.165, 1.54) is 0 Å². The summed E-state index contributed by atoms with van der Waals surface area (Å²) in [6.07, 6.45) is 3.58. The summed E-state index contributed by atoms with van der Waals surface area (Å²) in [5.74, 6) is 0.650. The van der Waals surface area contributed by atoms with E-state index in [4.69, 9.17) is 4.74 Å². The molecule has 3 nitrogen and oxygen atoms in total. The Kier molecular flexibility index (Phi) is 3.49. The molecule has 0 heterocycles. The van der Waals surface area contributed by atoms with Crippen LogP contribution in [0.1, 0.15) is 63.7 Å². The monoisotopic (exact) mass is 340 g/mol. The molecule has 4 aliphatic carbocycles. The van der Waals surface area contributed by atoms with Gasteiger partial charge in [0.05, 0.1) is 5.56 Å². The largest absolute Gasteiger partial charge is 0.450 e. The number of hydrogen-bond acceptors (Lipinski definition) is 3. The summed E-state index contributed by atoms with van der Waals surface area (Å²) in [5.41, 5.74) is -0.0869. The van der Waals surface area contributed by atoms with Crippen LogP contribution in [0.25, 0.3) is 0 Å². The predicted octanol–water partition coefficient (Wildman–Crippen LogP) is 4.65. The zero-order chi connectivity index (χ0) is 18.0. The Morgan fingerprint density at radius 3 is 2.44 bits per heavy atom. The van der Waals surface area contributed by atoms with E-state index >= 15 is 0 Å². The van der Waals surface area contributed by atoms with Crippen molar-refractivity contribution in [3.8, 4) is 0 Å². The molecule has 0 aliphatic heterocycles. The average molecular weight is 340 g/mol. The van der Waals surface area contributed by atoms with Crippen molar-refractivity contribution in [2.75, 3.05) is 0 Å². The zero-order valence-corrected chi connectivity index (χ0v) is 15.7. The first kappa shape index (κ1) is 16.8. The van der Waals surface area contributed by atoms with Crippen LogP contribution in [-0.2, 0) is 9.53 Å². The van der Waals surface area contributed by atoms with Gasteiger partial charge in [-0.25, -0.2) is 4.79 Å². The first-order valence-electron chi connectivity index (χ1n) is 9.55. The maximum atomic E-state index is 13.5. The van der Waals surface area contributed by atoms with Gasteiger partial charge in [0.25, 0.3) is 0 Å². The Hall–Kier alpha value is -1.64. The van der Waals surface area contributed by atoms with Crippen LogP contribution in [0, 0.1) is 28.1 Å². The normalized spacial score (nSPS) is 41.4. The third-order valence-electron chi connectivity index (χ3n) is 8.31. The summed E-state index contributed by atoms with van der Waals surface area (Å²) in [6, 6.07) is 9.05. The second kappa shape index (κ2) is 5.18. The van der Waals surface area contributed by atoms with Crippen molar-refractivity contribution in [1.82, 2.24) is 0 Å². The Morgan fingerprint density at radius 1 is 1.08 bits per heavy atom. The molecule has 0 radical (unpaired) electrons. The van der Waals surface area contributed by atoms with Gasteiger partial charge in [0.1, 0.15) is 0 Å². The molecule has 5 rings (SSSR count). The molecule has 2 bridgehead atoms. The number of hydrogen-bond donors (Lipinski definition) is 0. The van der Waals surface area contributed by atoms with E-state index in [9.17, 15) is 9.59 Å². The van der Waals surface area contributed by atoms with Crippen LogP contribution in [0.15, 0.2) is 30.3 Å². The second-order valence-corrected chi connectivity index (χ2v) is 9.21. The topological polar surface area (TPSA) is 43.4 Å². The molecule has 134 valence electrons. The Bertz CT molecular complexity index is 722. The highest BCUT2D eigenvalue weighted by atomic mass is 16.5. The predicted molar refractivity (Wildman–Crippen MR) is 96.1 cm³/mol. The van der Waals surface area contributed by atoms with Gasteiger partial charge in [-0.05, 0) is 55.1 Å². The van der Waals surface area contributed by atoms with Crippen LogP contribution in [0.2, 0.25) is 0 Å². The summed E-state index contributed by atoms with van der Waals surface area (Å²) in [6.45, 7) is 8.87. The van der Waals surface area contributed by atoms with Crippen molar-refractivity contribution in [1.29, 1.82) is 0 Å². The summed E-state index contributed by atoms with van der Waals surface area (Å²) < 4.78 is 5.97. The third-order valence-corrected chi connectivity index (χ3v) is 8.31. The van der Waals surface area contributed by atoms with Crippen LogP contribution >= 0.6 is 0 Å². The van der Waals surface area contributed by atoms with E-state index in [1.807, 2.05) is 18.2 Å². The molecule has 0 N–H and O–H groups in total. The van der Waals surface area contributed by atoms with E-state index in [2.05, 4.69) is 27.7 Å². The van der Waals surface area contributed by atoms with Crippen molar-refractivity contribution in [3.63, 3.8) is 0 Å². The molecule has 4 aliphatic rings. The van der Waals surface area contributed by atoms with Crippen molar-refractivity contribution in [2.24, 2.45) is 28.1 Å². The maximum absolute atomic E-state index is 13.5. The van der Waals surface area contributed by atoms with E-state index in [0.29, 0.717) is 17.4 Å². The van der Waals surface area contributed by atoms with Gasteiger partial charge in [0.2, 0.25) is 0 Å². The van der Waals surface area contributed by atoms with Gasteiger partial charge in [-0.1, -0.05) is 45.9 Å². The zero-order valence-electron chi connectivity index (χ0n) is 15.7. The van der Waals surface area contributed by atoms with E-state index < -0.39 is 11.5 Å². The fraction of sp³-hybridized carbons (Fsp3) is 0.636. The molecular formula is C22H28O3. The number of carbonyl (C=O) groups excluding carboxylic acids is 2. The first-order chi connectivity index (χ1) is 11.7. The number of esters is 1. The molecule has 25 heavy (non-hydrogen) atoms. The van der Waals surface area contributed by atoms with Gasteiger partial charge in [-0.15, -0.1) is 0 Å². The van der Waals surface area contributed by atoms with Crippen molar-refractivity contribution in [3.05, 3.63) is 35.9 Å². The van der Waals surface area contributed by atoms with Gasteiger partial charge in [-0.3, -0.25) is 4.79 Å². The summed E-state index contributed by atoms with van der Waals surface area (Å²) in [7, 11) is 0. The molecule has 4 fully saturated rings. The SMILES string of the molecule is C[C@H]1CCC2C(C)(C)[C@]3(C)CC[C@@]21[C@@H](OC(=O)c1ccccc1)C3=O. The number of fused-ring (bicyclic) bond motifs is 2. The molecule has 0 amide bonds. The van der Waals surface area contributed by atoms with Crippen molar-refractivity contribution < 1.29 is 14.3 Å². The second-order valence-electron chi connectivity index (χ2n) is 9.21. The lowest BCUT2D eigenvalue weighted by atomic mass is 9.38. The van der Waals surface area contributed by atoms with Crippen LogP contribution < -0.4 is 0 Å². The summed E-state index contributed by atoms with van der Waals surface area (Å²) >= 11 is 0. The van der Waals surface area contributed by atoms with Crippen molar-refractivity contribution in [2.45, 2.75) is 59.5 Å². The third kappa shape index (κ3) is 1.93. The molecule has 0 aromatic heterocycles. The van der Waals surface area contributed by atoms with Crippen molar-refractivity contribution >= 4 is 11.8 Å². The highest BCUT2D eigenvalue weighted by Gasteiger charge is 2.74. The number of ether oxygens (including phenoxy) is 1. The van der Waals surface area contributed by atoms with E-state index in [-0.39, 0.29) is 22.6 Å². The minimum Gasteiger partial charge on any atom is -0.450 e. The maximum Gasteiger partial charge on any atom is 0.338 e. The van der Waals surface area contributed by atoms with Crippen LogP contribution in [0.3, 0.4) is 0 Å². The Labute approximate surface area is 150 Å². The molecule has 3 heteroatoms. The lowest BCUT2D eigenvalue weighted by molar-refractivity contribution is -0.213. The van der Waals surface area contributed by atoms with Gasteiger partial charge < -0.3 is 4.74 Å². The number of rotatable bonds is 2. The Balaban J connectivity index is 1.75. The van der Waals surface area contributed by atoms with E-state index in [1.54, 1.807) is 12.1 Å².